The van der Waals surface area contributed by atoms with Gasteiger partial charge in [0, 0.05) is 13.0 Å². The minimum Gasteiger partial charge on any atom is -0.490 e. The molecule has 1 aromatic rings. The fraction of sp³-hybridized carbons (Fsp3) is 0.647. The molecule has 0 amide bonds. The van der Waals surface area contributed by atoms with E-state index in [-0.39, 0.29) is 0 Å². The number of benzene rings is 1. The van der Waals surface area contributed by atoms with Crippen LogP contribution in [0.1, 0.15) is 44.8 Å². The summed E-state index contributed by atoms with van der Waals surface area (Å²) >= 11 is 0. The standard InChI is InChI=1S/C17H26O4/c1-13(2)5-3-8-19-12-15(18)14-6-7-16-17(11-14)21-10-4-9-20-16/h6-7,11,13,15,18H,3-5,8-10,12H2,1-2H3. The Kier molecular flexibility index (Phi) is 6.33. The molecule has 4 nitrogen and oxygen atoms in total. The summed E-state index contributed by atoms with van der Waals surface area (Å²) < 4.78 is 16.8. The van der Waals surface area contributed by atoms with Gasteiger partial charge >= 0.3 is 0 Å². The Balaban J connectivity index is 1.82. The second-order valence-electron chi connectivity index (χ2n) is 5.88. The Hall–Kier alpha value is -1.26. The van der Waals surface area contributed by atoms with Crippen molar-refractivity contribution < 1.29 is 19.3 Å². The summed E-state index contributed by atoms with van der Waals surface area (Å²) in [5.74, 6) is 2.16. The van der Waals surface area contributed by atoms with Crippen molar-refractivity contribution >= 4 is 0 Å². The first-order valence-corrected chi connectivity index (χ1v) is 7.82. The molecule has 0 saturated carbocycles. The molecule has 4 heteroatoms. The third-order valence-corrected chi connectivity index (χ3v) is 3.50. The lowest BCUT2D eigenvalue weighted by atomic mass is 10.1. The molecule has 0 fully saturated rings. The van der Waals surface area contributed by atoms with Crippen LogP contribution in [0.3, 0.4) is 0 Å². The van der Waals surface area contributed by atoms with Gasteiger partial charge in [-0.15, -0.1) is 0 Å². The third kappa shape index (κ3) is 5.21. The number of hydrogen-bond donors (Lipinski definition) is 1. The van der Waals surface area contributed by atoms with Crippen LogP contribution >= 0.6 is 0 Å². The minimum atomic E-state index is -0.624. The molecule has 1 aliphatic heterocycles. The Morgan fingerprint density at radius 1 is 1.19 bits per heavy atom. The van der Waals surface area contributed by atoms with Gasteiger partial charge in [-0.2, -0.15) is 0 Å². The molecule has 0 saturated heterocycles. The quantitative estimate of drug-likeness (QED) is 0.784. The predicted molar refractivity (Wildman–Crippen MR) is 81.9 cm³/mol. The predicted octanol–water partition coefficient (Wildman–Crippen LogP) is 3.33. The van der Waals surface area contributed by atoms with E-state index in [2.05, 4.69) is 13.8 Å². The number of fused-ring (bicyclic) bond motifs is 1. The van der Waals surface area contributed by atoms with Gasteiger partial charge in [0.05, 0.1) is 19.8 Å². The summed E-state index contributed by atoms with van der Waals surface area (Å²) in [6, 6.07) is 5.58. The van der Waals surface area contributed by atoms with E-state index in [1.54, 1.807) is 0 Å². The fourth-order valence-electron chi connectivity index (χ4n) is 2.27. The molecule has 0 aromatic heterocycles. The van der Waals surface area contributed by atoms with Gasteiger partial charge in [-0.25, -0.2) is 0 Å². The molecule has 118 valence electrons. The van der Waals surface area contributed by atoms with Crippen LogP contribution in [-0.2, 0) is 4.74 Å². The van der Waals surface area contributed by atoms with Crippen molar-refractivity contribution in [2.45, 2.75) is 39.2 Å². The molecule has 0 bridgehead atoms. The molecule has 2 rings (SSSR count). The van der Waals surface area contributed by atoms with Crippen molar-refractivity contribution in [3.63, 3.8) is 0 Å². The molecule has 1 atom stereocenters. The minimum absolute atomic E-state index is 0.317. The van der Waals surface area contributed by atoms with E-state index in [4.69, 9.17) is 14.2 Å². The van der Waals surface area contributed by atoms with Gasteiger partial charge < -0.3 is 19.3 Å². The lowest BCUT2D eigenvalue weighted by Gasteiger charge is -2.14. The second kappa shape index (κ2) is 8.25. The average molecular weight is 294 g/mol. The molecular weight excluding hydrogens is 268 g/mol. The lowest BCUT2D eigenvalue weighted by molar-refractivity contribution is 0.0336. The van der Waals surface area contributed by atoms with Gasteiger partial charge in [0.15, 0.2) is 11.5 Å². The lowest BCUT2D eigenvalue weighted by Crippen LogP contribution is -2.09. The first-order valence-electron chi connectivity index (χ1n) is 7.82. The molecule has 1 N–H and O–H groups in total. The number of aliphatic hydroxyl groups is 1. The van der Waals surface area contributed by atoms with E-state index in [0.29, 0.717) is 38.1 Å². The smallest absolute Gasteiger partial charge is 0.161 e. The summed E-state index contributed by atoms with van der Waals surface area (Å²) in [4.78, 5) is 0. The van der Waals surface area contributed by atoms with Crippen LogP contribution in [0.15, 0.2) is 18.2 Å². The van der Waals surface area contributed by atoms with Gasteiger partial charge in [0.2, 0.25) is 0 Å². The first-order chi connectivity index (χ1) is 10.2. The van der Waals surface area contributed by atoms with Crippen molar-refractivity contribution in [1.29, 1.82) is 0 Å². The first kappa shape index (κ1) is 16.1. The van der Waals surface area contributed by atoms with Crippen LogP contribution in [0.5, 0.6) is 11.5 Å². The van der Waals surface area contributed by atoms with Crippen LogP contribution < -0.4 is 9.47 Å². The summed E-state index contributed by atoms with van der Waals surface area (Å²) in [6.45, 7) is 6.74. The zero-order valence-electron chi connectivity index (χ0n) is 13.0. The highest BCUT2D eigenvalue weighted by molar-refractivity contribution is 5.44. The van der Waals surface area contributed by atoms with Crippen molar-refractivity contribution in [3.05, 3.63) is 23.8 Å². The van der Waals surface area contributed by atoms with Crippen molar-refractivity contribution in [3.8, 4) is 11.5 Å². The maximum atomic E-state index is 10.2. The molecular formula is C17H26O4. The van der Waals surface area contributed by atoms with E-state index in [1.165, 1.54) is 0 Å². The molecule has 0 aliphatic carbocycles. The van der Waals surface area contributed by atoms with Gasteiger partial charge in [-0.1, -0.05) is 19.9 Å². The largest absolute Gasteiger partial charge is 0.490 e. The topological polar surface area (TPSA) is 47.9 Å². The van der Waals surface area contributed by atoms with E-state index in [9.17, 15) is 5.11 Å². The normalized spacial score (nSPS) is 15.8. The van der Waals surface area contributed by atoms with Crippen LogP contribution in [0.25, 0.3) is 0 Å². The highest BCUT2D eigenvalue weighted by Gasteiger charge is 2.14. The SMILES string of the molecule is CC(C)CCCOCC(O)c1ccc2c(c1)OCCCO2. The average Bonchev–Trinajstić information content (AvgIpc) is 2.70. The molecule has 0 radical (unpaired) electrons. The summed E-state index contributed by atoms with van der Waals surface area (Å²) in [7, 11) is 0. The van der Waals surface area contributed by atoms with Crippen LogP contribution in [0.4, 0.5) is 0 Å². The van der Waals surface area contributed by atoms with E-state index < -0.39 is 6.10 Å². The zero-order valence-corrected chi connectivity index (χ0v) is 13.0. The molecule has 1 heterocycles. The maximum Gasteiger partial charge on any atom is 0.161 e. The van der Waals surface area contributed by atoms with E-state index >= 15 is 0 Å². The third-order valence-electron chi connectivity index (χ3n) is 3.50. The Morgan fingerprint density at radius 2 is 1.95 bits per heavy atom. The van der Waals surface area contributed by atoms with Gasteiger partial charge in [-0.3, -0.25) is 0 Å². The maximum absolute atomic E-state index is 10.2. The monoisotopic (exact) mass is 294 g/mol. The molecule has 1 aliphatic rings. The number of ether oxygens (including phenoxy) is 3. The Morgan fingerprint density at radius 3 is 2.71 bits per heavy atom. The molecule has 0 spiro atoms. The molecule has 1 aromatic carbocycles. The molecule has 21 heavy (non-hydrogen) atoms. The number of aliphatic hydroxyl groups excluding tert-OH is 1. The number of hydrogen-bond acceptors (Lipinski definition) is 4. The number of rotatable bonds is 7. The second-order valence-corrected chi connectivity index (χ2v) is 5.88. The Labute approximate surface area is 127 Å². The van der Waals surface area contributed by atoms with E-state index in [1.807, 2.05) is 18.2 Å². The van der Waals surface area contributed by atoms with Crippen molar-refractivity contribution in [2.75, 3.05) is 26.4 Å². The van der Waals surface area contributed by atoms with Crippen molar-refractivity contribution in [2.24, 2.45) is 5.92 Å². The van der Waals surface area contributed by atoms with Gasteiger partial charge in [0.25, 0.3) is 0 Å². The zero-order chi connectivity index (χ0) is 15.1. The highest BCUT2D eigenvalue weighted by atomic mass is 16.5. The van der Waals surface area contributed by atoms with Gasteiger partial charge in [-0.05, 0) is 36.5 Å². The summed E-state index contributed by atoms with van der Waals surface area (Å²) in [5, 5.41) is 10.2. The summed E-state index contributed by atoms with van der Waals surface area (Å²) in [6.07, 6.45) is 2.44. The van der Waals surface area contributed by atoms with E-state index in [0.717, 1.165) is 30.6 Å². The summed E-state index contributed by atoms with van der Waals surface area (Å²) in [5.41, 5.74) is 0.808. The van der Waals surface area contributed by atoms with Crippen LogP contribution in [-0.4, -0.2) is 31.5 Å². The van der Waals surface area contributed by atoms with Crippen LogP contribution in [0.2, 0.25) is 0 Å². The van der Waals surface area contributed by atoms with Gasteiger partial charge in [0.1, 0.15) is 6.10 Å². The van der Waals surface area contributed by atoms with Crippen LogP contribution in [0, 0.1) is 5.92 Å². The molecule has 1 unspecified atom stereocenters. The van der Waals surface area contributed by atoms with Crippen molar-refractivity contribution in [1.82, 2.24) is 0 Å². The Bertz CT molecular complexity index is 431. The highest BCUT2D eigenvalue weighted by Crippen LogP contribution is 2.32. The fourth-order valence-corrected chi connectivity index (χ4v) is 2.27.